The lowest BCUT2D eigenvalue weighted by Crippen LogP contribution is -2.49. The van der Waals surface area contributed by atoms with Gasteiger partial charge in [0, 0.05) is 0 Å². The maximum atomic E-state index is 2.41. The highest BCUT2D eigenvalue weighted by Crippen LogP contribution is 2.21. The lowest BCUT2D eigenvalue weighted by Gasteiger charge is -2.39. The fraction of sp³-hybridized carbons (Fsp3) is 1.00. The summed E-state index contributed by atoms with van der Waals surface area (Å²) in [5.41, 5.74) is 0. The SMILES string of the molecule is CCC[N+]1(C)CCC(C)CC1. The Morgan fingerprint density at radius 2 is 1.82 bits per heavy atom. The zero-order valence-electron chi connectivity index (χ0n) is 8.27. The summed E-state index contributed by atoms with van der Waals surface area (Å²) in [4.78, 5) is 0. The van der Waals surface area contributed by atoms with Crippen LogP contribution in [0.2, 0.25) is 0 Å². The van der Waals surface area contributed by atoms with Crippen molar-refractivity contribution in [1.29, 1.82) is 0 Å². The molecule has 1 nitrogen and oxygen atoms in total. The second-order valence-electron chi connectivity index (χ2n) is 4.47. The average molecular weight is 156 g/mol. The molecule has 0 aliphatic carbocycles. The van der Waals surface area contributed by atoms with E-state index < -0.39 is 0 Å². The van der Waals surface area contributed by atoms with Crippen LogP contribution < -0.4 is 0 Å². The van der Waals surface area contributed by atoms with Crippen molar-refractivity contribution in [3.8, 4) is 0 Å². The number of quaternary nitrogens is 1. The van der Waals surface area contributed by atoms with Crippen molar-refractivity contribution < 1.29 is 4.48 Å². The maximum absolute atomic E-state index is 2.41. The Kier molecular flexibility index (Phi) is 2.94. The Balaban J connectivity index is 2.35. The van der Waals surface area contributed by atoms with Gasteiger partial charge in [0.05, 0.1) is 26.7 Å². The molecule has 1 aliphatic rings. The maximum Gasteiger partial charge on any atom is 0.0787 e. The fourth-order valence-electron chi connectivity index (χ4n) is 2.08. The number of hydrogen-bond acceptors (Lipinski definition) is 0. The van der Waals surface area contributed by atoms with Gasteiger partial charge in [-0.2, -0.15) is 0 Å². The van der Waals surface area contributed by atoms with Crippen molar-refractivity contribution in [2.45, 2.75) is 33.1 Å². The lowest BCUT2D eigenvalue weighted by atomic mass is 9.97. The minimum atomic E-state index is 0.984. The van der Waals surface area contributed by atoms with E-state index in [1.165, 1.54) is 43.4 Å². The molecule has 0 unspecified atom stereocenters. The van der Waals surface area contributed by atoms with Gasteiger partial charge in [0.2, 0.25) is 0 Å². The van der Waals surface area contributed by atoms with Gasteiger partial charge in [0.15, 0.2) is 0 Å². The molecule has 1 heterocycles. The predicted molar refractivity (Wildman–Crippen MR) is 49.5 cm³/mol. The molecular weight excluding hydrogens is 134 g/mol. The van der Waals surface area contributed by atoms with Crippen molar-refractivity contribution in [2.75, 3.05) is 26.7 Å². The summed E-state index contributed by atoms with van der Waals surface area (Å²) in [7, 11) is 2.41. The Morgan fingerprint density at radius 1 is 1.27 bits per heavy atom. The fourth-order valence-corrected chi connectivity index (χ4v) is 2.08. The summed E-state index contributed by atoms with van der Waals surface area (Å²) in [6.45, 7) is 8.88. The second-order valence-corrected chi connectivity index (χ2v) is 4.47. The largest absolute Gasteiger partial charge is 0.326 e. The van der Waals surface area contributed by atoms with Crippen LogP contribution in [0.15, 0.2) is 0 Å². The number of likely N-dealkylation sites (tertiary alicyclic amines) is 1. The van der Waals surface area contributed by atoms with Gasteiger partial charge in [-0.15, -0.1) is 0 Å². The summed E-state index contributed by atoms with van der Waals surface area (Å²) in [5, 5.41) is 0. The third-order valence-electron chi connectivity index (χ3n) is 3.09. The molecule has 1 rings (SSSR count). The molecule has 0 N–H and O–H groups in total. The van der Waals surface area contributed by atoms with Gasteiger partial charge in [-0.25, -0.2) is 0 Å². The van der Waals surface area contributed by atoms with Crippen molar-refractivity contribution in [3.05, 3.63) is 0 Å². The molecule has 1 fully saturated rings. The molecule has 0 radical (unpaired) electrons. The van der Waals surface area contributed by atoms with Crippen LogP contribution >= 0.6 is 0 Å². The van der Waals surface area contributed by atoms with Gasteiger partial charge in [0.1, 0.15) is 0 Å². The zero-order chi connectivity index (χ0) is 8.32. The van der Waals surface area contributed by atoms with E-state index in [0.717, 1.165) is 5.92 Å². The third kappa shape index (κ3) is 2.48. The average Bonchev–Trinajstić information content (AvgIpc) is 1.97. The highest BCUT2D eigenvalue weighted by Gasteiger charge is 2.26. The number of nitrogens with zero attached hydrogens (tertiary/aromatic N) is 1. The first-order chi connectivity index (χ1) is 5.16. The van der Waals surface area contributed by atoms with Crippen LogP contribution in [0.4, 0.5) is 0 Å². The van der Waals surface area contributed by atoms with E-state index in [1.807, 2.05) is 0 Å². The van der Waals surface area contributed by atoms with Crippen LogP contribution in [0, 0.1) is 5.92 Å². The highest BCUT2D eigenvalue weighted by molar-refractivity contribution is 4.58. The van der Waals surface area contributed by atoms with Crippen LogP contribution in [-0.2, 0) is 0 Å². The van der Waals surface area contributed by atoms with E-state index in [0.29, 0.717) is 0 Å². The number of piperidine rings is 1. The van der Waals surface area contributed by atoms with Crippen molar-refractivity contribution in [2.24, 2.45) is 5.92 Å². The molecule has 0 spiro atoms. The zero-order valence-corrected chi connectivity index (χ0v) is 8.27. The normalized spacial score (nSPS) is 39.0. The van der Waals surface area contributed by atoms with Crippen LogP contribution in [0.25, 0.3) is 0 Å². The first kappa shape index (κ1) is 9.05. The van der Waals surface area contributed by atoms with E-state index in [9.17, 15) is 0 Å². The molecule has 0 saturated carbocycles. The first-order valence-electron chi connectivity index (χ1n) is 5.00. The molecule has 0 aromatic heterocycles. The molecule has 66 valence electrons. The predicted octanol–water partition coefficient (Wildman–Crippen LogP) is 2.27. The molecular formula is C10H22N+. The van der Waals surface area contributed by atoms with E-state index in [2.05, 4.69) is 20.9 Å². The minimum absolute atomic E-state index is 0.984. The van der Waals surface area contributed by atoms with E-state index in [1.54, 1.807) is 0 Å². The quantitative estimate of drug-likeness (QED) is 0.538. The molecule has 0 aromatic carbocycles. The third-order valence-corrected chi connectivity index (χ3v) is 3.09. The van der Waals surface area contributed by atoms with E-state index in [4.69, 9.17) is 0 Å². The van der Waals surface area contributed by atoms with Crippen molar-refractivity contribution in [3.63, 3.8) is 0 Å². The summed E-state index contributed by atoms with van der Waals surface area (Å²) in [6.07, 6.45) is 4.22. The van der Waals surface area contributed by atoms with Gasteiger partial charge in [0.25, 0.3) is 0 Å². The van der Waals surface area contributed by atoms with Crippen LogP contribution in [-0.4, -0.2) is 31.2 Å². The topological polar surface area (TPSA) is 0 Å². The Hall–Kier alpha value is -0.0400. The molecule has 0 aromatic rings. The monoisotopic (exact) mass is 156 g/mol. The summed E-state index contributed by atoms with van der Waals surface area (Å²) in [6, 6.07) is 0. The van der Waals surface area contributed by atoms with Crippen molar-refractivity contribution in [1.82, 2.24) is 0 Å². The summed E-state index contributed by atoms with van der Waals surface area (Å²) < 4.78 is 1.33. The van der Waals surface area contributed by atoms with Crippen LogP contribution in [0.5, 0.6) is 0 Å². The van der Waals surface area contributed by atoms with Gasteiger partial charge in [-0.05, 0) is 25.2 Å². The van der Waals surface area contributed by atoms with Gasteiger partial charge in [-0.1, -0.05) is 13.8 Å². The van der Waals surface area contributed by atoms with Crippen LogP contribution in [0.3, 0.4) is 0 Å². The Labute approximate surface area is 71.0 Å². The molecule has 0 bridgehead atoms. The van der Waals surface area contributed by atoms with E-state index >= 15 is 0 Å². The summed E-state index contributed by atoms with van der Waals surface area (Å²) in [5.74, 6) is 0.984. The van der Waals surface area contributed by atoms with Gasteiger partial charge >= 0.3 is 0 Å². The van der Waals surface area contributed by atoms with Gasteiger partial charge < -0.3 is 4.48 Å². The Morgan fingerprint density at radius 3 is 2.27 bits per heavy atom. The van der Waals surface area contributed by atoms with E-state index in [-0.39, 0.29) is 0 Å². The molecule has 0 amide bonds. The number of rotatable bonds is 2. The smallest absolute Gasteiger partial charge is 0.0787 e. The standard InChI is InChI=1S/C10H22N/c1-4-7-11(3)8-5-10(2)6-9-11/h10H,4-9H2,1-3H3/q+1. The van der Waals surface area contributed by atoms with Crippen molar-refractivity contribution >= 4 is 0 Å². The molecule has 1 heteroatoms. The number of hydrogen-bond donors (Lipinski definition) is 0. The minimum Gasteiger partial charge on any atom is -0.326 e. The second kappa shape index (κ2) is 3.57. The molecule has 1 saturated heterocycles. The van der Waals surface area contributed by atoms with Gasteiger partial charge in [-0.3, -0.25) is 0 Å². The summed E-state index contributed by atoms with van der Waals surface area (Å²) >= 11 is 0. The molecule has 1 aliphatic heterocycles. The first-order valence-corrected chi connectivity index (χ1v) is 5.00. The highest BCUT2D eigenvalue weighted by atomic mass is 15.3. The lowest BCUT2D eigenvalue weighted by molar-refractivity contribution is -0.915. The molecule has 11 heavy (non-hydrogen) atoms. The van der Waals surface area contributed by atoms with Crippen LogP contribution in [0.1, 0.15) is 33.1 Å². The Bertz CT molecular complexity index is 112. The molecule has 0 atom stereocenters.